The second-order valence-corrected chi connectivity index (χ2v) is 9.47. The molecule has 5 nitrogen and oxygen atoms in total. The van der Waals surface area contributed by atoms with E-state index in [9.17, 15) is 4.79 Å². The number of methoxy groups -OCH3 is 2. The van der Waals surface area contributed by atoms with Crippen LogP contribution in [-0.2, 0) is 10.5 Å². The van der Waals surface area contributed by atoms with Gasteiger partial charge in [-0.25, -0.2) is 5.01 Å². The van der Waals surface area contributed by atoms with E-state index in [0.29, 0.717) is 23.7 Å². The Morgan fingerprint density at radius 3 is 2.48 bits per heavy atom. The minimum absolute atomic E-state index is 0.0297. The first-order chi connectivity index (χ1) is 16.1. The number of hydrogen-bond acceptors (Lipinski definition) is 5. The molecule has 1 heterocycles. The molecule has 3 aromatic rings. The molecule has 0 aromatic heterocycles. The normalized spacial score (nSPS) is 15.3. The van der Waals surface area contributed by atoms with E-state index >= 15 is 0 Å². The molecule has 0 unspecified atom stereocenters. The average Bonchev–Trinajstić information content (AvgIpc) is 3.30. The van der Waals surface area contributed by atoms with E-state index in [2.05, 4.69) is 28.1 Å². The van der Waals surface area contributed by atoms with Gasteiger partial charge in [0.1, 0.15) is 0 Å². The lowest BCUT2D eigenvalue weighted by Gasteiger charge is -2.24. The fourth-order valence-corrected chi connectivity index (χ4v) is 4.97. The van der Waals surface area contributed by atoms with E-state index in [-0.39, 0.29) is 11.9 Å². The maximum absolute atomic E-state index is 13.3. The summed E-state index contributed by atoms with van der Waals surface area (Å²) in [5, 5.41) is 6.40. The van der Waals surface area contributed by atoms with Crippen LogP contribution in [0.2, 0.25) is 0 Å². The molecule has 33 heavy (non-hydrogen) atoms. The number of amides is 1. The molecule has 0 radical (unpaired) electrons. The summed E-state index contributed by atoms with van der Waals surface area (Å²) in [6, 6.07) is 23.6. The van der Waals surface area contributed by atoms with E-state index in [1.165, 1.54) is 5.56 Å². The van der Waals surface area contributed by atoms with Crippen molar-refractivity contribution in [1.82, 2.24) is 5.01 Å². The molecular weight excluding hydrogens is 500 g/mol. The first kappa shape index (κ1) is 23.4. The predicted octanol–water partition coefficient (Wildman–Crippen LogP) is 6.08. The van der Waals surface area contributed by atoms with E-state index in [1.54, 1.807) is 31.0 Å². The number of halogens is 1. The molecule has 1 aliphatic rings. The molecule has 0 saturated carbocycles. The summed E-state index contributed by atoms with van der Waals surface area (Å²) >= 11 is 5.08. The first-order valence-electron chi connectivity index (χ1n) is 10.6. The van der Waals surface area contributed by atoms with Crippen molar-refractivity contribution in [2.75, 3.05) is 20.0 Å². The molecule has 0 bridgehead atoms. The lowest BCUT2D eigenvalue weighted by molar-refractivity contribution is -0.130. The van der Waals surface area contributed by atoms with Crippen molar-refractivity contribution in [1.29, 1.82) is 0 Å². The number of hydrazone groups is 1. The van der Waals surface area contributed by atoms with Crippen molar-refractivity contribution >= 4 is 39.3 Å². The Labute approximate surface area is 206 Å². The SMILES string of the molecule is COc1cccc([C@H]2CC(c3ccc(Br)cc3)=NN2C(=O)CSCc2ccccc2)c1OC. The maximum Gasteiger partial charge on any atom is 0.253 e. The fraction of sp³-hybridized carbons (Fsp3) is 0.231. The van der Waals surface area contributed by atoms with Crippen molar-refractivity contribution in [3.63, 3.8) is 0 Å². The molecule has 0 spiro atoms. The summed E-state index contributed by atoms with van der Waals surface area (Å²) in [5.41, 5.74) is 3.95. The van der Waals surface area contributed by atoms with Crippen LogP contribution in [0.5, 0.6) is 11.5 Å². The van der Waals surface area contributed by atoms with Crippen LogP contribution in [0.3, 0.4) is 0 Å². The largest absolute Gasteiger partial charge is 0.493 e. The number of para-hydroxylation sites is 1. The summed E-state index contributed by atoms with van der Waals surface area (Å²) < 4.78 is 12.2. The van der Waals surface area contributed by atoms with E-state index in [1.807, 2.05) is 60.7 Å². The van der Waals surface area contributed by atoms with Crippen LogP contribution in [0, 0.1) is 0 Å². The Kier molecular flexibility index (Phi) is 7.73. The molecular formula is C26H25BrN2O3S. The zero-order valence-electron chi connectivity index (χ0n) is 18.5. The van der Waals surface area contributed by atoms with Crippen molar-refractivity contribution in [3.05, 3.63) is 94.0 Å². The number of thioether (sulfide) groups is 1. The molecule has 170 valence electrons. The highest BCUT2D eigenvalue weighted by Crippen LogP contribution is 2.42. The second kappa shape index (κ2) is 10.9. The smallest absolute Gasteiger partial charge is 0.253 e. The highest BCUT2D eigenvalue weighted by atomic mass is 79.9. The maximum atomic E-state index is 13.3. The Hall–Kier alpha value is -2.77. The monoisotopic (exact) mass is 524 g/mol. The molecule has 4 rings (SSSR count). The van der Waals surface area contributed by atoms with Gasteiger partial charge in [-0.1, -0.05) is 70.5 Å². The van der Waals surface area contributed by atoms with E-state index < -0.39 is 0 Å². The van der Waals surface area contributed by atoms with Gasteiger partial charge in [0, 0.05) is 22.2 Å². The third-order valence-electron chi connectivity index (χ3n) is 5.47. The zero-order chi connectivity index (χ0) is 23.2. The molecule has 7 heteroatoms. The quantitative estimate of drug-likeness (QED) is 0.358. The molecule has 0 aliphatic carbocycles. The molecule has 1 atom stereocenters. The van der Waals surface area contributed by atoms with E-state index in [4.69, 9.17) is 14.6 Å². The minimum atomic E-state index is -0.265. The predicted molar refractivity (Wildman–Crippen MR) is 137 cm³/mol. The summed E-state index contributed by atoms with van der Waals surface area (Å²) in [4.78, 5) is 13.3. The van der Waals surface area contributed by atoms with Gasteiger partial charge in [-0.3, -0.25) is 4.79 Å². The van der Waals surface area contributed by atoms with Crippen molar-refractivity contribution < 1.29 is 14.3 Å². The molecule has 0 saturated heterocycles. The van der Waals surface area contributed by atoms with Gasteiger partial charge in [-0.05, 0) is 29.3 Å². The highest BCUT2D eigenvalue weighted by Gasteiger charge is 2.35. The number of ether oxygens (including phenoxy) is 2. The summed E-state index contributed by atoms with van der Waals surface area (Å²) in [6.07, 6.45) is 0.597. The third-order valence-corrected chi connectivity index (χ3v) is 6.99. The number of rotatable bonds is 8. The zero-order valence-corrected chi connectivity index (χ0v) is 20.9. The fourth-order valence-electron chi connectivity index (χ4n) is 3.87. The lowest BCUT2D eigenvalue weighted by atomic mass is 9.97. The molecule has 3 aromatic carbocycles. The highest BCUT2D eigenvalue weighted by molar-refractivity contribution is 9.10. The first-order valence-corrected chi connectivity index (χ1v) is 12.5. The Balaban J connectivity index is 1.60. The number of benzene rings is 3. The Morgan fingerprint density at radius 1 is 1.03 bits per heavy atom. The van der Waals surface area contributed by atoms with Gasteiger partial charge >= 0.3 is 0 Å². The topological polar surface area (TPSA) is 51.1 Å². The van der Waals surface area contributed by atoms with Crippen molar-refractivity contribution in [2.24, 2.45) is 5.10 Å². The van der Waals surface area contributed by atoms with Crippen molar-refractivity contribution in [2.45, 2.75) is 18.2 Å². The van der Waals surface area contributed by atoms with Gasteiger partial charge < -0.3 is 9.47 Å². The number of carbonyl (C=O) groups excluding carboxylic acids is 1. The van der Waals surface area contributed by atoms with Gasteiger partial charge in [0.2, 0.25) is 0 Å². The van der Waals surface area contributed by atoms with Crippen LogP contribution >= 0.6 is 27.7 Å². The third kappa shape index (κ3) is 5.42. The number of carbonyl (C=O) groups is 1. The van der Waals surface area contributed by atoms with Gasteiger partial charge in [-0.15, -0.1) is 11.8 Å². The Morgan fingerprint density at radius 2 is 1.79 bits per heavy atom. The van der Waals surface area contributed by atoms with Gasteiger partial charge in [0.05, 0.1) is 31.7 Å². The van der Waals surface area contributed by atoms with Crippen LogP contribution in [-0.4, -0.2) is 36.6 Å². The molecule has 1 aliphatic heterocycles. The average molecular weight is 525 g/mol. The number of hydrogen-bond donors (Lipinski definition) is 0. The standard InChI is InChI=1S/C26H25BrN2O3S/c1-31-24-10-6-9-21(26(24)32-2)23-15-22(19-11-13-20(27)14-12-19)28-29(23)25(30)17-33-16-18-7-4-3-5-8-18/h3-14,23H,15-17H2,1-2H3/t23-/m1/s1. The van der Waals surface area contributed by atoms with Crippen molar-refractivity contribution in [3.8, 4) is 11.5 Å². The second-order valence-electron chi connectivity index (χ2n) is 7.57. The van der Waals surface area contributed by atoms with Crippen LogP contribution in [0.25, 0.3) is 0 Å². The lowest BCUT2D eigenvalue weighted by Crippen LogP contribution is -2.29. The molecule has 1 amide bonds. The summed E-state index contributed by atoms with van der Waals surface area (Å²) in [6.45, 7) is 0. The van der Waals surface area contributed by atoms with E-state index in [0.717, 1.165) is 27.1 Å². The van der Waals surface area contributed by atoms with Gasteiger partial charge in [-0.2, -0.15) is 5.10 Å². The number of nitrogens with zero attached hydrogens (tertiary/aromatic N) is 2. The van der Waals surface area contributed by atoms with Gasteiger partial charge in [0.15, 0.2) is 11.5 Å². The minimum Gasteiger partial charge on any atom is -0.493 e. The van der Waals surface area contributed by atoms with Crippen LogP contribution < -0.4 is 9.47 Å². The molecule has 0 fully saturated rings. The van der Waals surface area contributed by atoms with Gasteiger partial charge in [0.25, 0.3) is 5.91 Å². The molecule has 0 N–H and O–H groups in total. The summed E-state index contributed by atoms with van der Waals surface area (Å²) in [7, 11) is 3.23. The van der Waals surface area contributed by atoms with Crippen LogP contribution in [0.15, 0.2) is 82.4 Å². The Bertz CT molecular complexity index is 1140. The van der Waals surface area contributed by atoms with Crippen LogP contribution in [0.1, 0.15) is 29.2 Å². The van der Waals surface area contributed by atoms with Crippen LogP contribution in [0.4, 0.5) is 0 Å². The summed E-state index contributed by atoms with van der Waals surface area (Å²) in [5.74, 6) is 2.36.